The molecule has 7 nitrogen and oxygen atoms in total. The summed E-state index contributed by atoms with van der Waals surface area (Å²) in [6.07, 6.45) is 3.50. The summed E-state index contributed by atoms with van der Waals surface area (Å²) >= 11 is 0. The zero-order valence-electron chi connectivity index (χ0n) is 16.9. The molecule has 1 fully saturated rings. The maximum atomic E-state index is 12.6. The van der Waals surface area contributed by atoms with Crippen molar-refractivity contribution in [1.82, 2.24) is 19.8 Å². The molecule has 0 bridgehead atoms. The third kappa shape index (κ3) is 4.10. The van der Waals surface area contributed by atoms with E-state index in [2.05, 4.69) is 10.3 Å². The van der Waals surface area contributed by atoms with E-state index < -0.39 is 0 Å². The first-order chi connectivity index (χ1) is 14.5. The number of likely N-dealkylation sites (tertiary alicyclic amines) is 1. The molecular formula is C23H24N4O3. The van der Waals surface area contributed by atoms with Crippen LogP contribution in [0, 0.1) is 6.92 Å². The lowest BCUT2D eigenvalue weighted by molar-refractivity contribution is -0.121. The Kier molecular flexibility index (Phi) is 5.61. The SMILES string of the molecule is Cc1cccc2c(=O)n(CC(=O)NCc3cccc(C(=O)N4CCCC4)c3)cnc12. The highest BCUT2D eigenvalue weighted by Gasteiger charge is 2.19. The highest BCUT2D eigenvalue weighted by Crippen LogP contribution is 2.14. The first-order valence-electron chi connectivity index (χ1n) is 10.1. The standard InChI is InChI=1S/C23H24N4O3/c1-16-6-4-9-19-21(16)25-15-27(23(19)30)14-20(28)24-13-17-7-5-8-18(12-17)22(29)26-10-2-3-11-26/h4-9,12,15H,2-3,10-11,13-14H2,1H3,(H,24,28). The van der Waals surface area contributed by atoms with Gasteiger partial charge in [0.15, 0.2) is 0 Å². The van der Waals surface area contributed by atoms with Crippen molar-refractivity contribution in [2.24, 2.45) is 0 Å². The van der Waals surface area contributed by atoms with Crippen LogP contribution in [0.5, 0.6) is 0 Å². The topological polar surface area (TPSA) is 84.3 Å². The molecule has 0 aliphatic carbocycles. The molecule has 1 saturated heterocycles. The molecule has 0 unspecified atom stereocenters. The average Bonchev–Trinajstić information content (AvgIpc) is 3.29. The van der Waals surface area contributed by atoms with Crippen molar-refractivity contribution >= 4 is 22.7 Å². The predicted octanol–water partition coefficient (Wildman–Crippen LogP) is 2.26. The lowest BCUT2D eigenvalue weighted by Crippen LogP contribution is -2.32. The van der Waals surface area contributed by atoms with Crippen LogP contribution in [0.1, 0.15) is 34.3 Å². The summed E-state index contributed by atoms with van der Waals surface area (Å²) in [5.41, 5.74) is 2.81. The molecule has 3 aromatic rings. The number of aryl methyl sites for hydroxylation is 1. The summed E-state index contributed by atoms with van der Waals surface area (Å²) in [4.78, 5) is 43.8. The van der Waals surface area contributed by atoms with E-state index in [4.69, 9.17) is 0 Å². The minimum Gasteiger partial charge on any atom is -0.350 e. The number of amides is 2. The monoisotopic (exact) mass is 404 g/mol. The molecule has 0 radical (unpaired) electrons. The molecule has 2 heterocycles. The Morgan fingerprint density at radius 3 is 2.67 bits per heavy atom. The van der Waals surface area contributed by atoms with Gasteiger partial charge in [0.2, 0.25) is 5.91 Å². The number of carbonyl (C=O) groups is 2. The first kappa shape index (κ1) is 19.8. The lowest BCUT2D eigenvalue weighted by Gasteiger charge is -2.15. The number of nitrogens with zero attached hydrogens (tertiary/aromatic N) is 3. The summed E-state index contributed by atoms with van der Waals surface area (Å²) < 4.78 is 1.31. The number of hydrogen-bond acceptors (Lipinski definition) is 4. The predicted molar refractivity (Wildman–Crippen MR) is 114 cm³/mol. The minimum absolute atomic E-state index is 0.0322. The van der Waals surface area contributed by atoms with E-state index in [1.807, 2.05) is 42.2 Å². The second-order valence-electron chi connectivity index (χ2n) is 7.63. The summed E-state index contributed by atoms with van der Waals surface area (Å²) in [7, 11) is 0. The number of hydrogen-bond donors (Lipinski definition) is 1. The summed E-state index contributed by atoms with van der Waals surface area (Å²) in [6.45, 7) is 3.67. The molecule has 0 spiro atoms. The molecule has 30 heavy (non-hydrogen) atoms. The van der Waals surface area contributed by atoms with Crippen LogP contribution in [0.4, 0.5) is 0 Å². The Morgan fingerprint density at radius 2 is 1.87 bits per heavy atom. The van der Waals surface area contributed by atoms with Crippen LogP contribution >= 0.6 is 0 Å². The van der Waals surface area contributed by atoms with Gasteiger partial charge in [-0.3, -0.25) is 19.0 Å². The van der Waals surface area contributed by atoms with Gasteiger partial charge < -0.3 is 10.2 Å². The Labute approximate surface area is 174 Å². The Balaban J connectivity index is 1.41. The number of para-hydroxylation sites is 1. The fourth-order valence-electron chi connectivity index (χ4n) is 3.78. The van der Waals surface area contributed by atoms with Gasteiger partial charge in [0, 0.05) is 25.2 Å². The van der Waals surface area contributed by atoms with Gasteiger partial charge in [-0.25, -0.2) is 4.98 Å². The van der Waals surface area contributed by atoms with Crippen LogP contribution < -0.4 is 10.9 Å². The third-order valence-electron chi connectivity index (χ3n) is 5.43. The summed E-state index contributed by atoms with van der Waals surface area (Å²) in [5, 5.41) is 3.32. The van der Waals surface area contributed by atoms with Gasteiger partial charge >= 0.3 is 0 Å². The number of rotatable bonds is 5. The summed E-state index contributed by atoms with van der Waals surface area (Å²) in [6, 6.07) is 12.7. The number of nitrogens with one attached hydrogen (secondary N) is 1. The normalized spacial score (nSPS) is 13.6. The Hall–Kier alpha value is -3.48. The fraction of sp³-hybridized carbons (Fsp3) is 0.304. The van der Waals surface area contributed by atoms with E-state index in [-0.39, 0.29) is 30.5 Å². The molecule has 1 aliphatic heterocycles. The van der Waals surface area contributed by atoms with E-state index >= 15 is 0 Å². The molecule has 1 aromatic heterocycles. The maximum absolute atomic E-state index is 12.6. The van der Waals surface area contributed by atoms with Crippen LogP contribution in [-0.2, 0) is 17.9 Å². The van der Waals surface area contributed by atoms with Crippen LogP contribution in [-0.4, -0.2) is 39.4 Å². The van der Waals surface area contributed by atoms with E-state index in [1.54, 1.807) is 12.1 Å². The van der Waals surface area contributed by atoms with Crippen molar-refractivity contribution < 1.29 is 9.59 Å². The van der Waals surface area contributed by atoms with Crippen molar-refractivity contribution in [3.8, 4) is 0 Å². The summed E-state index contributed by atoms with van der Waals surface area (Å²) in [5.74, 6) is -0.257. The van der Waals surface area contributed by atoms with Crippen LogP contribution in [0.3, 0.4) is 0 Å². The maximum Gasteiger partial charge on any atom is 0.261 e. The molecule has 1 aliphatic rings. The van der Waals surface area contributed by atoms with Crippen molar-refractivity contribution in [3.05, 3.63) is 75.8 Å². The molecule has 4 rings (SSSR count). The molecule has 0 saturated carbocycles. The highest BCUT2D eigenvalue weighted by molar-refractivity contribution is 5.94. The van der Waals surface area contributed by atoms with Gasteiger partial charge in [-0.15, -0.1) is 0 Å². The lowest BCUT2D eigenvalue weighted by atomic mass is 10.1. The van der Waals surface area contributed by atoms with E-state index in [9.17, 15) is 14.4 Å². The van der Waals surface area contributed by atoms with Gasteiger partial charge in [0.05, 0.1) is 17.2 Å². The second kappa shape index (κ2) is 8.49. The van der Waals surface area contributed by atoms with Crippen LogP contribution in [0.25, 0.3) is 10.9 Å². The largest absolute Gasteiger partial charge is 0.350 e. The van der Waals surface area contributed by atoms with Crippen molar-refractivity contribution in [2.75, 3.05) is 13.1 Å². The van der Waals surface area contributed by atoms with E-state index in [1.165, 1.54) is 10.9 Å². The van der Waals surface area contributed by atoms with Gasteiger partial charge in [-0.05, 0) is 49.1 Å². The van der Waals surface area contributed by atoms with Gasteiger partial charge in [-0.1, -0.05) is 24.3 Å². The zero-order valence-corrected chi connectivity index (χ0v) is 16.9. The minimum atomic E-state index is -0.290. The number of fused-ring (bicyclic) bond motifs is 1. The van der Waals surface area contributed by atoms with Crippen molar-refractivity contribution in [2.45, 2.75) is 32.9 Å². The number of carbonyl (C=O) groups excluding carboxylic acids is 2. The molecular weight excluding hydrogens is 380 g/mol. The number of aromatic nitrogens is 2. The first-order valence-corrected chi connectivity index (χ1v) is 10.1. The quantitative estimate of drug-likeness (QED) is 0.707. The molecule has 0 atom stereocenters. The van der Waals surface area contributed by atoms with Crippen molar-refractivity contribution in [1.29, 1.82) is 0 Å². The van der Waals surface area contributed by atoms with E-state index in [0.717, 1.165) is 37.1 Å². The highest BCUT2D eigenvalue weighted by atomic mass is 16.2. The number of benzene rings is 2. The molecule has 7 heteroatoms. The van der Waals surface area contributed by atoms with Crippen molar-refractivity contribution in [3.63, 3.8) is 0 Å². The van der Waals surface area contributed by atoms with Crippen LogP contribution in [0.15, 0.2) is 53.6 Å². The van der Waals surface area contributed by atoms with Crippen LogP contribution in [0.2, 0.25) is 0 Å². The second-order valence-corrected chi connectivity index (χ2v) is 7.63. The molecule has 2 aromatic carbocycles. The molecule has 1 N–H and O–H groups in total. The Bertz CT molecular complexity index is 1160. The van der Waals surface area contributed by atoms with Gasteiger partial charge in [-0.2, -0.15) is 0 Å². The Morgan fingerprint density at radius 1 is 1.10 bits per heavy atom. The molecule has 154 valence electrons. The van der Waals surface area contributed by atoms with Gasteiger partial charge in [0.1, 0.15) is 6.54 Å². The third-order valence-corrected chi connectivity index (χ3v) is 5.43. The smallest absolute Gasteiger partial charge is 0.261 e. The average molecular weight is 404 g/mol. The van der Waals surface area contributed by atoms with Gasteiger partial charge in [0.25, 0.3) is 11.5 Å². The fourth-order valence-corrected chi connectivity index (χ4v) is 3.78. The zero-order chi connectivity index (χ0) is 21.1. The van der Waals surface area contributed by atoms with E-state index in [0.29, 0.717) is 16.5 Å². The molecule has 2 amide bonds.